The first-order chi connectivity index (χ1) is 10.7. The summed E-state index contributed by atoms with van der Waals surface area (Å²) in [6.45, 7) is 7.05. The van der Waals surface area contributed by atoms with Gasteiger partial charge in [0.25, 0.3) is 0 Å². The van der Waals surface area contributed by atoms with Crippen LogP contribution in [0.1, 0.15) is 33.3 Å². The zero-order chi connectivity index (χ0) is 17.5. The summed E-state index contributed by atoms with van der Waals surface area (Å²) < 4.78 is 9.98. The van der Waals surface area contributed by atoms with E-state index in [1.54, 1.807) is 33.8 Å². The molecule has 5 nitrogen and oxygen atoms in total. The van der Waals surface area contributed by atoms with E-state index in [1.165, 1.54) is 7.11 Å². The smallest absolute Gasteiger partial charge is 0.408 e. The molecule has 0 unspecified atom stereocenters. The summed E-state index contributed by atoms with van der Waals surface area (Å²) in [6, 6.07) is 9.34. The van der Waals surface area contributed by atoms with Gasteiger partial charge in [0.1, 0.15) is 5.60 Å². The number of alkyl carbamates (subject to hydrolysis) is 1. The van der Waals surface area contributed by atoms with Crippen molar-refractivity contribution in [3.63, 3.8) is 0 Å². The average Bonchev–Trinajstić information content (AvgIpc) is 2.45. The van der Waals surface area contributed by atoms with Crippen molar-refractivity contribution in [2.24, 2.45) is 0 Å². The number of esters is 1. The minimum atomic E-state index is -0.581. The fourth-order valence-electron chi connectivity index (χ4n) is 2.01. The van der Waals surface area contributed by atoms with Gasteiger partial charge in [0.2, 0.25) is 0 Å². The Balaban J connectivity index is 2.88. The predicted molar refractivity (Wildman–Crippen MR) is 89.1 cm³/mol. The molecule has 0 saturated heterocycles. The number of benzene rings is 1. The first-order valence-electron chi connectivity index (χ1n) is 7.51. The van der Waals surface area contributed by atoms with Gasteiger partial charge in [0, 0.05) is 5.57 Å². The van der Waals surface area contributed by atoms with Crippen LogP contribution in [0.2, 0.25) is 0 Å². The molecule has 0 aliphatic heterocycles. The quantitative estimate of drug-likeness (QED) is 0.668. The molecule has 1 atom stereocenters. The van der Waals surface area contributed by atoms with Crippen LogP contribution < -0.4 is 5.32 Å². The van der Waals surface area contributed by atoms with Gasteiger partial charge in [-0.15, -0.1) is 0 Å². The van der Waals surface area contributed by atoms with Crippen LogP contribution in [0.3, 0.4) is 0 Å². The van der Waals surface area contributed by atoms with Gasteiger partial charge in [-0.2, -0.15) is 0 Å². The van der Waals surface area contributed by atoms with Crippen LogP contribution >= 0.6 is 0 Å². The molecule has 5 heteroatoms. The summed E-state index contributed by atoms with van der Waals surface area (Å²) in [5, 5.41) is 2.79. The lowest BCUT2D eigenvalue weighted by molar-refractivity contribution is -0.136. The third-order valence-electron chi connectivity index (χ3n) is 2.96. The first kappa shape index (κ1) is 18.7. The number of methoxy groups -OCH3 is 1. The van der Waals surface area contributed by atoms with E-state index in [0.717, 1.165) is 5.56 Å². The molecule has 1 aromatic carbocycles. The fourth-order valence-corrected chi connectivity index (χ4v) is 2.01. The van der Waals surface area contributed by atoms with Crippen LogP contribution in [-0.2, 0) is 20.7 Å². The number of nitrogens with one attached hydrogen (secondary N) is 1. The van der Waals surface area contributed by atoms with Gasteiger partial charge in [0.15, 0.2) is 0 Å². The maximum Gasteiger partial charge on any atom is 0.408 e. The molecule has 1 rings (SSSR count). The molecule has 0 bridgehead atoms. The molecule has 0 aliphatic carbocycles. The number of hydrogen-bond acceptors (Lipinski definition) is 4. The molecule has 1 amide bonds. The molecule has 23 heavy (non-hydrogen) atoms. The Labute approximate surface area is 137 Å². The van der Waals surface area contributed by atoms with Crippen molar-refractivity contribution in [2.45, 2.75) is 45.8 Å². The van der Waals surface area contributed by atoms with Gasteiger partial charge in [-0.25, -0.2) is 9.59 Å². The van der Waals surface area contributed by atoms with Crippen LogP contribution in [0.25, 0.3) is 0 Å². The summed E-state index contributed by atoms with van der Waals surface area (Å²) >= 11 is 0. The monoisotopic (exact) mass is 319 g/mol. The van der Waals surface area contributed by atoms with Crippen molar-refractivity contribution < 1.29 is 19.1 Å². The Kier molecular flexibility index (Phi) is 6.82. The Bertz CT molecular complexity index is 558. The van der Waals surface area contributed by atoms with Crippen molar-refractivity contribution in [1.29, 1.82) is 0 Å². The lowest BCUT2D eigenvalue weighted by atomic mass is 10.0. The summed E-state index contributed by atoms with van der Waals surface area (Å²) in [5.74, 6) is -0.422. The van der Waals surface area contributed by atoms with E-state index in [4.69, 9.17) is 9.47 Å². The third kappa shape index (κ3) is 7.49. The Hall–Kier alpha value is -2.30. The topological polar surface area (TPSA) is 64.6 Å². The van der Waals surface area contributed by atoms with Crippen molar-refractivity contribution in [3.05, 3.63) is 47.5 Å². The Morgan fingerprint density at radius 3 is 2.35 bits per heavy atom. The lowest BCUT2D eigenvalue weighted by Gasteiger charge is -2.22. The highest BCUT2D eigenvalue weighted by Gasteiger charge is 2.19. The highest BCUT2D eigenvalue weighted by atomic mass is 16.6. The number of amides is 1. The molecule has 0 fully saturated rings. The van der Waals surface area contributed by atoms with E-state index >= 15 is 0 Å². The van der Waals surface area contributed by atoms with E-state index < -0.39 is 17.7 Å². The summed E-state index contributed by atoms with van der Waals surface area (Å²) in [5.41, 5.74) is 0.898. The molecule has 1 N–H and O–H groups in total. The van der Waals surface area contributed by atoms with Gasteiger partial charge in [-0.3, -0.25) is 0 Å². The number of carbonyl (C=O) groups excluding carboxylic acids is 2. The maximum absolute atomic E-state index is 12.0. The van der Waals surface area contributed by atoms with Crippen molar-refractivity contribution in [3.8, 4) is 0 Å². The molecule has 0 heterocycles. The van der Waals surface area contributed by atoms with Gasteiger partial charge in [-0.05, 0) is 39.7 Å². The highest BCUT2D eigenvalue weighted by molar-refractivity contribution is 5.87. The Morgan fingerprint density at radius 2 is 1.83 bits per heavy atom. The molecule has 0 saturated carbocycles. The van der Waals surface area contributed by atoms with Gasteiger partial charge in [-0.1, -0.05) is 36.4 Å². The number of carbonyl (C=O) groups is 2. The van der Waals surface area contributed by atoms with Crippen molar-refractivity contribution in [2.75, 3.05) is 7.11 Å². The molecular weight excluding hydrogens is 294 g/mol. The first-order valence-corrected chi connectivity index (χ1v) is 7.51. The van der Waals surface area contributed by atoms with Crippen LogP contribution in [0, 0.1) is 0 Å². The van der Waals surface area contributed by atoms with Gasteiger partial charge >= 0.3 is 12.1 Å². The maximum atomic E-state index is 12.0. The van der Waals surface area contributed by atoms with E-state index in [-0.39, 0.29) is 6.04 Å². The second-order valence-corrected chi connectivity index (χ2v) is 6.28. The predicted octanol–water partition coefficient (Wildman–Crippen LogP) is 3.24. The minimum absolute atomic E-state index is 0.369. The van der Waals surface area contributed by atoms with Gasteiger partial charge in [0.05, 0.1) is 13.2 Å². The molecule has 0 aliphatic rings. The highest BCUT2D eigenvalue weighted by Crippen LogP contribution is 2.10. The number of ether oxygens (including phenoxy) is 2. The zero-order valence-electron chi connectivity index (χ0n) is 14.4. The summed E-state index contributed by atoms with van der Waals surface area (Å²) in [4.78, 5) is 23.6. The molecule has 1 aromatic rings. The lowest BCUT2D eigenvalue weighted by Crippen LogP contribution is -2.39. The van der Waals surface area contributed by atoms with Crippen molar-refractivity contribution >= 4 is 12.1 Å². The van der Waals surface area contributed by atoms with E-state index in [2.05, 4.69) is 5.32 Å². The number of rotatable bonds is 5. The van der Waals surface area contributed by atoms with Crippen LogP contribution in [0.5, 0.6) is 0 Å². The molecule has 126 valence electrons. The fraction of sp³-hybridized carbons (Fsp3) is 0.444. The summed E-state index contributed by atoms with van der Waals surface area (Å²) in [7, 11) is 1.33. The van der Waals surface area contributed by atoms with Crippen molar-refractivity contribution in [1.82, 2.24) is 5.32 Å². The second-order valence-electron chi connectivity index (χ2n) is 6.28. The van der Waals surface area contributed by atoms with Crippen LogP contribution in [0.4, 0.5) is 4.79 Å². The normalized spacial score (nSPS) is 13.2. The third-order valence-corrected chi connectivity index (χ3v) is 2.96. The molecular formula is C18H25NO4. The van der Waals surface area contributed by atoms with Crippen LogP contribution in [-0.4, -0.2) is 30.8 Å². The largest absolute Gasteiger partial charge is 0.466 e. The Morgan fingerprint density at radius 1 is 1.22 bits per heavy atom. The average molecular weight is 319 g/mol. The zero-order valence-corrected chi connectivity index (χ0v) is 14.4. The molecule has 0 radical (unpaired) electrons. The van der Waals surface area contributed by atoms with E-state index in [1.807, 2.05) is 30.3 Å². The SMILES string of the molecule is COC(=O)/C(C)=C/[C@H](Cc1ccccc1)NC(=O)OC(C)(C)C. The standard InChI is InChI=1S/C18H25NO4/c1-13(16(20)22-5)11-15(12-14-9-7-6-8-10-14)19-17(21)23-18(2,3)4/h6-11,15H,12H2,1-5H3,(H,19,21)/b13-11+/t15-/m1/s1. The van der Waals surface area contributed by atoms with E-state index in [9.17, 15) is 9.59 Å². The van der Waals surface area contributed by atoms with Gasteiger partial charge < -0.3 is 14.8 Å². The minimum Gasteiger partial charge on any atom is -0.466 e. The molecule has 0 aromatic heterocycles. The van der Waals surface area contributed by atoms with Crippen LogP contribution in [0.15, 0.2) is 42.0 Å². The molecule has 0 spiro atoms. The summed E-state index contributed by atoms with van der Waals surface area (Å²) in [6.07, 6.45) is 1.71. The second kappa shape index (κ2) is 8.36. The van der Waals surface area contributed by atoms with E-state index in [0.29, 0.717) is 12.0 Å². The number of hydrogen-bond donors (Lipinski definition) is 1.